The molecule has 1 saturated heterocycles. The highest BCUT2D eigenvalue weighted by Gasteiger charge is 2.24. The van der Waals surface area contributed by atoms with E-state index in [4.69, 9.17) is 18.7 Å². The molecule has 1 aromatic heterocycles. The van der Waals surface area contributed by atoms with Gasteiger partial charge in [-0.1, -0.05) is 89.6 Å². The summed E-state index contributed by atoms with van der Waals surface area (Å²) < 4.78 is 22.5. The molecule has 0 radical (unpaired) electrons. The normalized spacial score (nSPS) is 15.4. The fourth-order valence-corrected chi connectivity index (χ4v) is 5.47. The molecule has 41 heavy (non-hydrogen) atoms. The Hall–Kier alpha value is -3.75. The standard InChI is InChI=1S/C34H38N2O5/c1-38-23-28-21-32(41-35-28)34(39-2)30-15-9-10-16-31(30)40-24-29(37)22-36-19-17-27(18-20-36)33(25-11-5-3-6-12-25)26-13-7-4-8-14-26/h3-16,21,29,34,37H,17-20,22-24H2,1-2H3. The molecule has 0 aliphatic carbocycles. The molecule has 3 aromatic carbocycles. The lowest BCUT2D eigenvalue weighted by molar-refractivity contribution is 0.0623. The van der Waals surface area contributed by atoms with E-state index in [1.807, 2.05) is 30.3 Å². The third kappa shape index (κ3) is 7.31. The summed E-state index contributed by atoms with van der Waals surface area (Å²) in [6, 6.07) is 30.7. The number of likely N-dealkylation sites (tertiary alicyclic amines) is 1. The fourth-order valence-electron chi connectivity index (χ4n) is 5.47. The maximum Gasteiger partial charge on any atom is 0.170 e. The van der Waals surface area contributed by atoms with Gasteiger partial charge in [0.2, 0.25) is 0 Å². The first-order valence-electron chi connectivity index (χ1n) is 14.1. The zero-order chi connectivity index (χ0) is 28.4. The molecule has 7 heteroatoms. The molecule has 0 amide bonds. The number of hydrogen-bond donors (Lipinski definition) is 1. The van der Waals surface area contributed by atoms with Gasteiger partial charge in [0.25, 0.3) is 0 Å². The number of nitrogens with zero attached hydrogens (tertiary/aromatic N) is 2. The molecule has 1 aliphatic rings. The molecule has 5 rings (SSSR count). The molecule has 0 spiro atoms. The number of methoxy groups -OCH3 is 2. The van der Waals surface area contributed by atoms with E-state index in [0.717, 1.165) is 31.5 Å². The molecule has 214 valence electrons. The summed E-state index contributed by atoms with van der Waals surface area (Å²) in [5.74, 6) is 1.21. The maximum absolute atomic E-state index is 10.9. The highest BCUT2D eigenvalue weighted by Crippen LogP contribution is 2.34. The fraction of sp³-hybridized carbons (Fsp3) is 0.324. The summed E-state index contributed by atoms with van der Waals surface area (Å²) in [7, 11) is 3.23. The third-order valence-corrected chi connectivity index (χ3v) is 7.40. The number of aliphatic hydroxyl groups is 1. The molecule has 7 nitrogen and oxygen atoms in total. The molecule has 1 N–H and O–H groups in total. The number of rotatable bonds is 12. The Bertz CT molecular complexity index is 1350. The second kappa shape index (κ2) is 14.2. The number of piperidine rings is 1. The summed E-state index contributed by atoms with van der Waals surface area (Å²) in [6.45, 7) is 2.88. The number of hydrogen-bond acceptors (Lipinski definition) is 7. The lowest BCUT2D eigenvalue weighted by Crippen LogP contribution is -2.39. The van der Waals surface area contributed by atoms with Gasteiger partial charge in [-0.15, -0.1) is 0 Å². The zero-order valence-corrected chi connectivity index (χ0v) is 23.7. The Morgan fingerprint density at radius 3 is 2.17 bits per heavy atom. The lowest BCUT2D eigenvalue weighted by atomic mass is 9.88. The van der Waals surface area contributed by atoms with Gasteiger partial charge in [-0.05, 0) is 35.6 Å². The van der Waals surface area contributed by atoms with Gasteiger partial charge in [0.15, 0.2) is 5.76 Å². The van der Waals surface area contributed by atoms with E-state index in [2.05, 4.69) is 70.7 Å². The molecule has 4 aromatic rings. The van der Waals surface area contributed by atoms with E-state index in [-0.39, 0.29) is 6.61 Å². The maximum atomic E-state index is 10.9. The Balaban J connectivity index is 1.20. The summed E-state index contributed by atoms with van der Waals surface area (Å²) in [6.07, 6.45) is 0.814. The van der Waals surface area contributed by atoms with Crippen molar-refractivity contribution >= 4 is 5.57 Å². The molecule has 2 unspecified atom stereocenters. The van der Waals surface area contributed by atoms with Crippen LogP contribution in [-0.4, -0.2) is 61.7 Å². The third-order valence-electron chi connectivity index (χ3n) is 7.40. The van der Waals surface area contributed by atoms with Crippen LogP contribution in [0.25, 0.3) is 5.57 Å². The van der Waals surface area contributed by atoms with Gasteiger partial charge in [0, 0.05) is 45.5 Å². The Morgan fingerprint density at radius 1 is 0.902 bits per heavy atom. The van der Waals surface area contributed by atoms with Crippen molar-refractivity contribution in [2.45, 2.75) is 31.7 Å². The quantitative estimate of drug-likeness (QED) is 0.234. The summed E-state index contributed by atoms with van der Waals surface area (Å²) in [5, 5.41) is 15.0. The van der Waals surface area contributed by atoms with Crippen molar-refractivity contribution < 1.29 is 23.8 Å². The van der Waals surface area contributed by atoms with Crippen LogP contribution in [0.5, 0.6) is 5.75 Å². The van der Waals surface area contributed by atoms with Crippen molar-refractivity contribution in [3.8, 4) is 5.75 Å². The second-order valence-electron chi connectivity index (χ2n) is 10.3. The molecule has 0 bridgehead atoms. The largest absolute Gasteiger partial charge is 0.490 e. The molecule has 1 aliphatic heterocycles. The van der Waals surface area contributed by atoms with Crippen LogP contribution in [0.15, 0.2) is 101 Å². The van der Waals surface area contributed by atoms with E-state index >= 15 is 0 Å². The van der Waals surface area contributed by atoms with Gasteiger partial charge in [-0.2, -0.15) is 0 Å². The Kier molecular flexibility index (Phi) is 9.99. The Labute approximate surface area is 242 Å². The van der Waals surface area contributed by atoms with E-state index in [1.165, 1.54) is 22.3 Å². The smallest absolute Gasteiger partial charge is 0.170 e. The molecule has 2 atom stereocenters. The number of para-hydroxylation sites is 1. The SMILES string of the molecule is COCc1cc(C(OC)c2ccccc2OCC(O)CN2CCC(=C(c3ccccc3)c3ccccc3)CC2)on1. The van der Waals surface area contributed by atoms with Gasteiger partial charge in [0.05, 0.1) is 6.61 Å². The van der Waals surface area contributed by atoms with Gasteiger partial charge in [-0.3, -0.25) is 4.90 Å². The molecular formula is C34H38N2O5. The first kappa shape index (κ1) is 28.8. The Morgan fingerprint density at radius 2 is 1.54 bits per heavy atom. The minimum Gasteiger partial charge on any atom is -0.490 e. The van der Waals surface area contributed by atoms with Crippen LogP contribution in [0, 0.1) is 0 Å². The summed E-state index contributed by atoms with van der Waals surface area (Å²) in [4.78, 5) is 2.32. The topological polar surface area (TPSA) is 77.2 Å². The second-order valence-corrected chi connectivity index (χ2v) is 10.3. The lowest BCUT2D eigenvalue weighted by Gasteiger charge is -2.31. The average molecular weight is 555 g/mol. The van der Waals surface area contributed by atoms with E-state index in [0.29, 0.717) is 30.4 Å². The van der Waals surface area contributed by atoms with Crippen LogP contribution in [0.2, 0.25) is 0 Å². The van der Waals surface area contributed by atoms with Crippen LogP contribution in [0.3, 0.4) is 0 Å². The monoisotopic (exact) mass is 554 g/mol. The minimum atomic E-state index is -0.629. The number of ether oxygens (including phenoxy) is 3. The first-order valence-corrected chi connectivity index (χ1v) is 14.1. The molecule has 0 saturated carbocycles. The molecule has 1 fully saturated rings. The van der Waals surface area contributed by atoms with Crippen LogP contribution < -0.4 is 4.74 Å². The number of benzene rings is 3. The van der Waals surface area contributed by atoms with Crippen molar-refractivity contribution in [2.24, 2.45) is 0 Å². The van der Waals surface area contributed by atoms with Crippen LogP contribution >= 0.6 is 0 Å². The van der Waals surface area contributed by atoms with Crippen LogP contribution in [0.4, 0.5) is 0 Å². The number of aliphatic hydroxyl groups excluding tert-OH is 1. The highest BCUT2D eigenvalue weighted by molar-refractivity contribution is 5.82. The highest BCUT2D eigenvalue weighted by atomic mass is 16.5. The van der Waals surface area contributed by atoms with Crippen LogP contribution in [-0.2, 0) is 16.1 Å². The molecular weight excluding hydrogens is 516 g/mol. The summed E-state index contributed by atoms with van der Waals surface area (Å²) >= 11 is 0. The zero-order valence-electron chi connectivity index (χ0n) is 23.7. The molecule has 2 heterocycles. The van der Waals surface area contributed by atoms with Crippen molar-refractivity contribution in [3.05, 3.63) is 125 Å². The number of β-amino-alcohol motifs (C(OH)–C–C–N with tert-alkyl or cyclic N) is 1. The predicted octanol–water partition coefficient (Wildman–Crippen LogP) is 5.89. The summed E-state index contributed by atoms with van der Waals surface area (Å²) in [5.41, 5.74) is 6.81. The predicted molar refractivity (Wildman–Crippen MR) is 159 cm³/mol. The van der Waals surface area contributed by atoms with Gasteiger partial charge in [0.1, 0.15) is 30.3 Å². The van der Waals surface area contributed by atoms with E-state index < -0.39 is 12.2 Å². The van der Waals surface area contributed by atoms with Crippen LogP contribution in [0.1, 0.15) is 47.1 Å². The average Bonchev–Trinajstić information content (AvgIpc) is 3.47. The van der Waals surface area contributed by atoms with E-state index in [1.54, 1.807) is 14.2 Å². The first-order chi connectivity index (χ1) is 20.2. The van der Waals surface area contributed by atoms with Crippen molar-refractivity contribution in [1.82, 2.24) is 10.1 Å². The number of aromatic nitrogens is 1. The van der Waals surface area contributed by atoms with Crippen molar-refractivity contribution in [1.29, 1.82) is 0 Å². The minimum absolute atomic E-state index is 0.178. The van der Waals surface area contributed by atoms with Crippen molar-refractivity contribution in [3.63, 3.8) is 0 Å². The van der Waals surface area contributed by atoms with Gasteiger partial charge < -0.3 is 23.8 Å². The van der Waals surface area contributed by atoms with Gasteiger partial charge in [-0.25, -0.2) is 0 Å². The van der Waals surface area contributed by atoms with Gasteiger partial charge >= 0.3 is 0 Å². The van der Waals surface area contributed by atoms with Crippen molar-refractivity contribution in [2.75, 3.05) is 40.5 Å². The van der Waals surface area contributed by atoms with E-state index in [9.17, 15) is 5.11 Å².